The molecule has 4 heteroatoms. The van der Waals surface area contributed by atoms with Crippen molar-refractivity contribution >= 4 is 43.5 Å². The predicted molar refractivity (Wildman–Crippen MR) is 188 cm³/mol. The molecule has 47 heavy (non-hydrogen) atoms. The van der Waals surface area contributed by atoms with Gasteiger partial charge in [-0.2, -0.15) is 0 Å². The average molecular weight is 602 g/mol. The normalized spacial score (nSPS) is 13.8. The Morgan fingerprint density at radius 3 is 1.89 bits per heavy atom. The molecule has 3 nitrogen and oxygen atoms in total. The van der Waals surface area contributed by atoms with E-state index in [1.807, 2.05) is 48.5 Å². The monoisotopic (exact) mass is 601 g/mol. The van der Waals surface area contributed by atoms with Gasteiger partial charge in [-0.3, -0.25) is 4.57 Å². The lowest BCUT2D eigenvalue weighted by Gasteiger charge is -2.37. The van der Waals surface area contributed by atoms with Crippen molar-refractivity contribution in [2.45, 2.75) is 5.41 Å². The van der Waals surface area contributed by atoms with Crippen LogP contribution in [0, 0.1) is 5.82 Å². The smallest absolute Gasteiger partial charge is 0.235 e. The number of fused-ring (bicyclic) bond motifs is 8. The summed E-state index contributed by atoms with van der Waals surface area (Å²) < 4.78 is 18.6. The molecule has 0 saturated heterocycles. The molecule has 2 aromatic heterocycles. The molecule has 0 bridgehead atoms. The molecule has 218 valence electrons. The summed E-state index contributed by atoms with van der Waals surface area (Å²) in [7, 11) is 0. The van der Waals surface area contributed by atoms with Gasteiger partial charge in [0.25, 0.3) is 0 Å². The summed E-state index contributed by atoms with van der Waals surface area (Å²) in [5, 5.41) is 4.74. The minimum absolute atomic E-state index is 0.249. The van der Waals surface area contributed by atoms with Crippen molar-refractivity contribution in [3.05, 3.63) is 174 Å². The van der Waals surface area contributed by atoms with Crippen LogP contribution in [0.4, 0.5) is 4.39 Å². The van der Waals surface area contributed by atoms with Crippen LogP contribution in [0.1, 0.15) is 22.3 Å². The third kappa shape index (κ3) is 2.96. The number of rotatable bonds is 2. The Morgan fingerprint density at radius 2 is 1.11 bits per heavy atom. The molecule has 7 aromatic carbocycles. The molecule has 2 aliphatic rings. The maximum Gasteiger partial charge on any atom is 0.235 e. The van der Waals surface area contributed by atoms with E-state index in [4.69, 9.17) is 9.97 Å². The fourth-order valence-corrected chi connectivity index (χ4v) is 8.75. The Bertz CT molecular complexity index is 2770. The van der Waals surface area contributed by atoms with Crippen molar-refractivity contribution < 1.29 is 4.39 Å². The van der Waals surface area contributed by atoms with Gasteiger partial charge >= 0.3 is 0 Å². The average Bonchev–Trinajstić information content (AvgIpc) is 3.62. The van der Waals surface area contributed by atoms with Crippen LogP contribution >= 0.6 is 0 Å². The number of hydrogen-bond donors (Lipinski definition) is 0. The van der Waals surface area contributed by atoms with Crippen molar-refractivity contribution in [2.75, 3.05) is 0 Å². The largest absolute Gasteiger partial charge is 0.278 e. The van der Waals surface area contributed by atoms with E-state index in [0.29, 0.717) is 11.3 Å². The molecular formula is C43H24FN3. The number of halogens is 1. The second-order valence-electron chi connectivity index (χ2n) is 12.6. The summed E-state index contributed by atoms with van der Waals surface area (Å²) in [6, 6.07) is 50.1. The maximum atomic E-state index is 16.6. The number of para-hydroxylation sites is 1. The summed E-state index contributed by atoms with van der Waals surface area (Å²) >= 11 is 0. The Labute approximate surface area is 269 Å². The topological polar surface area (TPSA) is 30.7 Å². The molecule has 0 radical (unpaired) electrons. The van der Waals surface area contributed by atoms with Crippen LogP contribution < -0.4 is 0 Å². The second kappa shape index (κ2) is 8.77. The summed E-state index contributed by atoms with van der Waals surface area (Å²) in [5.74, 6) is 0.278. The van der Waals surface area contributed by atoms with Gasteiger partial charge in [-0.25, -0.2) is 14.4 Å². The first-order chi connectivity index (χ1) is 23.2. The van der Waals surface area contributed by atoms with Gasteiger partial charge in [0.15, 0.2) is 0 Å². The maximum absolute atomic E-state index is 16.6. The van der Waals surface area contributed by atoms with Crippen LogP contribution in [0.15, 0.2) is 146 Å². The van der Waals surface area contributed by atoms with E-state index in [1.54, 1.807) is 6.07 Å². The Morgan fingerprint density at radius 1 is 0.489 bits per heavy atom. The molecule has 0 fully saturated rings. The van der Waals surface area contributed by atoms with Gasteiger partial charge in [0, 0.05) is 27.1 Å². The fraction of sp³-hybridized carbons (Fsp3) is 0.0233. The number of hydrogen-bond acceptors (Lipinski definition) is 2. The molecule has 9 aromatic rings. The van der Waals surface area contributed by atoms with Gasteiger partial charge in [-0.05, 0) is 57.0 Å². The van der Waals surface area contributed by atoms with E-state index in [2.05, 4.69) is 95.6 Å². The van der Waals surface area contributed by atoms with Gasteiger partial charge in [-0.1, -0.05) is 127 Å². The molecule has 0 saturated carbocycles. The molecule has 0 aliphatic heterocycles. The van der Waals surface area contributed by atoms with Crippen molar-refractivity contribution in [1.82, 2.24) is 14.5 Å². The standard InChI is InChI=1S/C43H24FN3/c44-34-24-37-40-38-28(34)17-10-20-32(38)43(30-18-7-4-14-26(30)27-15-5-8-19-31(27)43)33-21-11-23-36(39(33)40)47(37)42-45-35-22-9-6-16-29(35)41(46-42)25-12-2-1-3-13-25/h1-24H. The Kier molecular flexibility index (Phi) is 4.69. The summed E-state index contributed by atoms with van der Waals surface area (Å²) in [4.78, 5) is 10.4. The highest BCUT2D eigenvalue weighted by Gasteiger charge is 2.50. The summed E-state index contributed by atoms with van der Waals surface area (Å²) in [6.07, 6.45) is 0. The van der Waals surface area contributed by atoms with Crippen LogP contribution in [-0.2, 0) is 5.41 Å². The van der Waals surface area contributed by atoms with Crippen molar-refractivity contribution in [3.63, 3.8) is 0 Å². The first-order valence-electron chi connectivity index (χ1n) is 16.0. The van der Waals surface area contributed by atoms with Crippen LogP contribution in [0.2, 0.25) is 0 Å². The zero-order valence-electron chi connectivity index (χ0n) is 25.1. The van der Waals surface area contributed by atoms with Crippen molar-refractivity contribution in [3.8, 4) is 28.3 Å². The zero-order valence-corrected chi connectivity index (χ0v) is 25.1. The predicted octanol–water partition coefficient (Wildman–Crippen LogP) is 10.4. The van der Waals surface area contributed by atoms with Gasteiger partial charge < -0.3 is 0 Å². The van der Waals surface area contributed by atoms with E-state index < -0.39 is 5.41 Å². The highest BCUT2D eigenvalue weighted by molar-refractivity contribution is 6.26. The lowest BCUT2D eigenvalue weighted by molar-refractivity contribution is 0.640. The molecule has 0 unspecified atom stereocenters. The number of benzene rings is 7. The highest BCUT2D eigenvalue weighted by Crippen LogP contribution is 2.62. The minimum atomic E-state index is -0.606. The lowest BCUT2D eigenvalue weighted by atomic mass is 9.63. The van der Waals surface area contributed by atoms with E-state index in [1.165, 1.54) is 27.8 Å². The fourth-order valence-electron chi connectivity index (χ4n) is 8.75. The molecule has 0 N–H and O–H groups in total. The van der Waals surface area contributed by atoms with E-state index >= 15 is 4.39 Å². The first kappa shape index (κ1) is 25.1. The zero-order chi connectivity index (χ0) is 30.9. The van der Waals surface area contributed by atoms with Crippen LogP contribution in [0.3, 0.4) is 0 Å². The van der Waals surface area contributed by atoms with Crippen molar-refractivity contribution in [2.24, 2.45) is 0 Å². The van der Waals surface area contributed by atoms with Gasteiger partial charge in [-0.15, -0.1) is 0 Å². The third-order valence-electron chi connectivity index (χ3n) is 10.5. The Balaban J connectivity index is 1.35. The minimum Gasteiger partial charge on any atom is -0.278 e. The van der Waals surface area contributed by atoms with Crippen LogP contribution in [0.25, 0.3) is 71.8 Å². The van der Waals surface area contributed by atoms with Gasteiger partial charge in [0.2, 0.25) is 5.95 Å². The quantitative estimate of drug-likeness (QED) is 0.197. The van der Waals surface area contributed by atoms with Crippen LogP contribution in [-0.4, -0.2) is 14.5 Å². The molecule has 11 rings (SSSR count). The SMILES string of the molecule is Fc1cc2c3c4c(cccc14)C1(c4ccccc4-c4ccccc41)c1cccc(c13)n2-c1nc(-c2ccccc2)c2ccccc2n1. The van der Waals surface area contributed by atoms with E-state index in [9.17, 15) is 0 Å². The summed E-state index contributed by atoms with van der Waals surface area (Å²) in [5.41, 5.74) is 11.0. The molecule has 0 amide bonds. The second-order valence-corrected chi connectivity index (χ2v) is 12.6. The molecule has 2 aliphatic carbocycles. The summed E-state index contributed by atoms with van der Waals surface area (Å²) in [6.45, 7) is 0. The lowest BCUT2D eigenvalue weighted by Crippen LogP contribution is -2.30. The molecule has 1 spiro atoms. The van der Waals surface area contributed by atoms with Gasteiger partial charge in [0.1, 0.15) is 5.82 Å². The molecular weight excluding hydrogens is 577 g/mol. The first-order valence-corrected chi connectivity index (χ1v) is 16.0. The third-order valence-corrected chi connectivity index (χ3v) is 10.5. The number of aromatic nitrogens is 3. The van der Waals surface area contributed by atoms with E-state index in [-0.39, 0.29) is 5.82 Å². The molecule has 2 heterocycles. The highest BCUT2D eigenvalue weighted by atomic mass is 19.1. The molecule has 0 atom stereocenters. The van der Waals surface area contributed by atoms with E-state index in [0.717, 1.165) is 54.9 Å². The van der Waals surface area contributed by atoms with Crippen LogP contribution in [0.5, 0.6) is 0 Å². The van der Waals surface area contributed by atoms with Crippen molar-refractivity contribution in [1.29, 1.82) is 0 Å². The number of nitrogens with zero attached hydrogens (tertiary/aromatic N) is 3. The van der Waals surface area contributed by atoms with Gasteiger partial charge in [0.05, 0.1) is 27.7 Å². The Hall–Kier alpha value is -6.13.